The van der Waals surface area contributed by atoms with Crippen LogP contribution in [0.3, 0.4) is 0 Å². The lowest BCUT2D eigenvalue weighted by Crippen LogP contribution is -2.20. The van der Waals surface area contributed by atoms with Crippen LogP contribution in [0.4, 0.5) is 0 Å². The van der Waals surface area contributed by atoms with E-state index in [0.29, 0.717) is 16.5 Å². The van der Waals surface area contributed by atoms with Gasteiger partial charge in [-0.05, 0) is 42.0 Å². The molecule has 32 heavy (non-hydrogen) atoms. The minimum absolute atomic E-state index is 0.171. The topological polar surface area (TPSA) is 46.5 Å². The van der Waals surface area contributed by atoms with Crippen molar-refractivity contribution in [1.82, 2.24) is 0 Å². The number of alkyl halides is 1. The van der Waals surface area contributed by atoms with Gasteiger partial charge < -0.3 is 9.84 Å². The van der Waals surface area contributed by atoms with Crippen LogP contribution < -0.4 is 15.9 Å². The molecule has 0 bridgehead atoms. The fraction of sp³-hybridized carbons (Fsp3) is 0.0741. The molecule has 0 saturated carbocycles. The predicted octanol–water partition coefficient (Wildman–Crippen LogP) is 5.52. The van der Waals surface area contributed by atoms with E-state index >= 15 is 0 Å². The number of hydrogen-bond donors (Lipinski definition) is 1. The fourth-order valence-electron chi connectivity index (χ4n) is 3.12. The van der Waals surface area contributed by atoms with E-state index in [0.717, 1.165) is 0 Å². The zero-order valence-corrected chi connectivity index (χ0v) is 20.2. The Morgan fingerprint density at radius 1 is 0.781 bits per heavy atom. The molecule has 0 unspecified atom stereocenters. The maximum Gasteiger partial charge on any atom is 0.337 e. The molecule has 1 N–H and O–H groups in total. The van der Waals surface area contributed by atoms with Crippen molar-refractivity contribution in [3.63, 3.8) is 0 Å². The Morgan fingerprint density at radius 2 is 1.22 bits per heavy atom. The first-order valence-electron chi connectivity index (χ1n) is 10.1. The van der Waals surface area contributed by atoms with Gasteiger partial charge in [-0.3, -0.25) is 0 Å². The third-order valence-electron chi connectivity index (χ3n) is 4.69. The highest BCUT2D eigenvalue weighted by Crippen LogP contribution is 2.32. The van der Waals surface area contributed by atoms with E-state index in [1.807, 2.05) is 0 Å². The molecule has 0 aliphatic rings. The van der Waals surface area contributed by atoms with Crippen LogP contribution in [0.25, 0.3) is 0 Å². The van der Waals surface area contributed by atoms with Crippen LogP contribution in [0.1, 0.15) is 15.9 Å². The van der Waals surface area contributed by atoms with Crippen LogP contribution in [-0.2, 0) is 10.1 Å². The van der Waals surface area contributed by atoms with Gasteiger partial charge in [-0.15, -0.1) is 0 Å². The van der Waals surface area contributed by atoms with E-state index < -0.39 is 13.9 Å². The van der Waals surface area contributed by atoms with Crippen molar-refractivity contribution in [3.8, 4) is 5.75 Å². The number of rotatable bonds is 5. The molecule has 0 aliphatic carbocycles. The van der Waals surface area contributed by atoms with Gasteiger partial charge in [0.05, 0.1) is 12.7 Å². The number of hydrogen-bond acceptors (Lipinski definition) is 3. The second-order valence-corrected chi connectivity index (χ2v) is 9.59. The zero-order valence-electron chi connectivity index (χ0n) is 17.7. The lowest BCUT2D eigenvalue weighted by Gasteiger charge is -2.18. The Morgan fingerprint density at radius 3 is 1.59 bits per heavy atom. The van der Waals surface area contributed by atoms with Crippen molar-refractivity contribution < 1.29 is 14.6 Å². The minimum Gasteiger partial charge on any atom is -0.508 e. The van der Waals surface area contributed by atoms with Gasteiger partial charge in [-0.1, -0.05) is 107 Å². The average Bonchev–Trinajstić information content (AvgIpc) is 2.86. The number of ether oxygens (including phenoxy) is 1. The second kappa shape index (κ2) is 12.2. The second-order valence-electron chi connectivity index (χ2n) is 6.81. The van der Waals surface area contributed by atoms with Crippen molar-refractivity contribution in [2.75, 3.05) is 7.11 Å². The molecule has 162 valence electrons. The summed E-state index contributed by atoms with van der Waals surface area (Å²) in [5.41, 5.74) is 1.11. The highest BCUT2D eigenvalue weighted by molar-refractivity contribution is 9.08. The minimum atomic E-state index is -0.446. The SMILES string of the molecule is COC(=O)c1ccc(O)c(CBr)c1.c1ccc(P(c2ccccc2)c2ccccc2)cc1. The highest BCUT2D eigenvalue weighted by atomic mass is 79.9. The number of halogens is 1. The van der Waals surface area contributed by atoms with Crippen molar-refractivity contribution in [2.24, 2.45) is 0 Å². The van der Waals surface area contributed by atoms with Crippen LogP contribution in [0.5, 0.6) is 5.75 Å². The Bertz CT molecular complexity index is 1030. The quantitative estimate of drug-likeness (QED) is 0.220. The van der Waals surface area contributed by atoms with Crippen LogP contribution >= 0.6 is 23.9 Å². The highest BCUT2D eigenvalue weighted by Gasteiger charge is 2.15. The molecule has 0 aromatic heterocycles. The van der Waals surface area contributed by atoms with Gasteiger partial charge in [-0.2, -0.15) is 0 Å². The Hall–Kier alpha value is -2.94. The first-order valence-corrected chi connectivity index (χ1v) is 12.5. The molecular weight excluding hydrogens is 483 g/mol. The van der Waals surface area contributed by atoms with E-state index in [9.17, 15) is 9.90 Å². The van der Waals surface area contributed by atoms with Gasteiger partial charge >= 0.3 is 5.97 Å². The van der Waals surface area contributed by atoms with Crippen LogP contribution in [0, 0.1) is 0 Å². The third-order valence-corrected chi connectivity index (χ3v) is 7.74. The summed E-state index contributed by atoms with van der Waals surface area (Å²) in [6.07, 6.45) is 0. The molecule has 0 heterocycles. The molecule has 0 saturated heterocycles. The maximum absolute atomic E-state index is 11.1. The fourth-order valence-corrected chi connectivity index (χ4v) is 5.87. The summed E-state index contributed by atoms with van der Waals surface area (Å²) in [6, 6.07) is 36.9. The number of carbonyl (C=O) groups excluding carboxylic acids is 1. The van der Waals surface area contributed by atoms with E-state index in [4.69, 9.17) is 0 Å². The molecule has 0 spiro atoms. The standard InChI is InChI=1S/C18H15P.C9H9BrO3/c1-4-10-16(11-5-1)19(17-12-6-2-7-13-17)18-14-8-3-9-15-18;1-13-9(12)6-2-3-8(11)7(4-6)5-10/h1-15H;2-4,11H,5H2,1H3. The molecule has 4 aromatic rings. The smallest absolute Gasteiger partial charge is 0.337 e. The maximum atomic E-state index is 11.1. The average molecular weight is 507 g/mol. The summed E-state index contributed by atoms with van der Waals surface area (Å²) in [5.74, 6) is -0.230. The van der Waals surface area contributed by atoms with Gasteiger partial charge in [0.1, 0.15) is 5.75 Å². The number of benzene rings is 4. The number of phenolic OH excluding ortho intramolecular Hbond substituents is 1. The normalized spacial score (nSPS) is 10.2. The van der Waals surface area contributed by atoms with Crippen LogP contribution in [-0.4, -0.2) is 18.2 Å². The van der Waals surface area contributed by atoms with E-state index in [1.165, 1.54) is 35.2 Å². The molecule has 0 aliphatic heterocycles. The van der Waals surface area contributed by atoms with E-state index in [1.54, 1.807) is 6.07 Å². The first-order chi connectivity index (χ1) is 15.6. The lowest BCUT2D eigenvalue weighted by atomic mass is 10.1. The number of phenols is 1. The largest absolute Gasteiger partial charge is 0.508 e. The first kappa shape index (κ1) is 23.7. The predicted molar refractivity (Wildman–Crippen MR) is 137 cm³/mol. The number of carbonyl (C=O) groups is 1. The molecule has 0 atom stereocenters. The molecule has 3 nitrogen and oxygen atoms in total. The molecule has 0 radical (unpaired) electrons. The Kier molecular flexibility index (Phi) is 9.03. The van der Waals surface area contributed by atoms with Gasteiger partial charge in [-0.25, -0.2) is 4.79 Å². The van der Waals surface area contributed by atoms with Crippen LogP contribution in [0.15, 0.2) is 109 Å². The summed E-state index contributed by atoms with van der Waals surface area (Å²) in [5, 5.41) is 14.0. The van der Waals surface area contributed by atoms with Gasteiger partial charge in [0.25, 0.3) is 0 Å². The van der Waals surface area contributed by atoms with Gasteiger partial charge in [0.2, 0.25) is 0 Å². The third kappa shape index (κ3) is 6.29. The molecular formula is C27H24BrO3P. The number of methoxy groups -OCH3 is 1. The molecule has 4 aromatic carbocycles. The summed E-state index contributed by atoms with van der Waals surface area (Å²) >= 11 is 3.20. The van der Waals surface area contributed by atoms with Crippen LogP contribution in [0.2, 0.25) is 0 Å². The summed E-state index contributed by atoms with van der Waals surface area (Å²) in [6.45, 7) is 0. The van der Waals surface area contributed by atoms with Crippen molar-refractivity contribution in [2.45, 2.75) is 5.33 Å². The molecule has 0 amide bonds. The molecule has 5 heteroatoms. The molecule has 0 fully saturated rings. The summed E-state index contributed by atoms with van der Waals surface area (Å²) < 4.78 is 4.54. The van der Waals surface area contributed by atoms with Gasteiger partial charge in [0, 0.05) is 10.9 Å². The molecule has 4 rings (SSSR count). The Balaban J connectivity index is 0.000000195. The lowest BCUT2D eigenvalue weighted by molar-refractivity contribution is 0.0600. The van der Waals surface area contributed by atoms with Crippen molar-refractivity contribution >= 4 is 45.7 Å². The van der Waals surface area contributed by atoms with Crippen molar-refractivity contribution in [1.29, 1.82) is 0 Å². The van der Waals surface area contributed by atoms with E-state index in [-0.39, 0.29) is 5.75 Å². The van der Waals surface area contributed by atoms with E-state index in [2.05, 4.69) is 112 Å². The zero-order chi connectivity index (χ0) is 22.8. The summed E-state index contributed by atoms with van der Waals surface area (Å²) in [7, 11) is 0.876. The Labute approximate surface area is 198 Å². The van der Waals surface area contributed by atoms with Crippen molar-refractivity contribution in [3.05, 3.63) is 120 Å². The number of esters is 1. The summed E-state index contributed by atoms with van der Waals surface area (Å²) in [4.78, 5) is 11.1. The number of aromatic hydroxyl groups is 1. The van der Waals surface area contributed by atoms with Gasteiger partial charge in [0.15, 0.2) is 0 Å². The monoisotopic (exact) mass is 506 g/mol.